The zero-order valence-electron chi connectivity index (χ0n) is 16.8. The van der Waals surface area contributed by atoms with Crippen molar-refractivity contribution in [1.29, 1.82) is 0 Å². The third-order valence-corrected chi connectivity index (χ3v) is 4.77. The number of phenols is 1. The van der Waals surface area contributed by atoms with Gasteiger partial charge < -0.3 is 15.6 Å². The quantitative estimate of drug-likeness (QED) is 0.492. The van der Waals surface area contributed by atoms with Crippen molar-refractivity contribution in [3.63, 3.8) is 0 Å². The number of ether oxygens (including phenoxy) is 1. The van der Waals surface area contributed by atoms with Crippen LogP contribution in [0.25, 0.3) is 16.8 Å². The summed E-state index contributed by atoms with van der Waals surface area (Å²) in [6.45, 7) is 5.19. The van der Waals surface area contributed by atoms with Gasteiger partial charge in [-0.25, -0.2) is 4.79 Å². The fourth-order valence-corrected chi connectivity index (χ4v) is 3.27. The topological polar surface area (TPSA) is 125 Å². The molecular formula is C22H21N3O5. The summed E-state index contributed by atoms with van der Waals surface area (Å²) in [5.74, 6) is -0.826. The van der Waals surface area contributed by atoms with E-state index in [4.69, 9.17) is 10.5 Å². The van der Waals surface area contributed by atoms with Crippen molar-refractivity contribution in [2.75, 3.05) is 12.3 Å². The number of nitrogens with zero attached hydrogens (tertiary/aromatic N) is 2. The minimum absolute atomic E-state index is 0.00917. The second kappa shape index (κ2) is 8.20. The maximum absolute atomic E-state index is 13.5. The number of benzene rings is 1. The summed E-state index contributed by atoms with van der Waals surface area (Å²) in [6, 6.07) is 6.00. The summed E-state index contributed by atoms with van der Waals surface area (Å²) in [5, 5.41) is 10.2. The van der Waals surface area contributed by atoms with Crippen molar-refractivity contribution < 1.29 is 19.4 Å². The van der Waals surface area contributed by atoms with Crippen LogP contribution in [0.5, 0.6) is 5.75 Å². The van der Waals surface area contributed by atoms with E-state index in [9.17, 15) is 19.5 Å². The molecular weight excluding hydrogens is 386 g/mol. The Morgan fingerprint density at radius 3 is 2.67 bits per heavy atom. The van der Waals surface area contributed by atoms with E-state index in [0.717, 1.165) is 0 Å². The van der Waals surface area contributed by atoms with Crippen LogP contribution in [0, 0.1) is 13.8 Å². The van der Waals surface area contributed by atoms with Crippen LogP contribution < -0.4 is 11.3 Å². The Balaban J connectivity index is 2.44. The summed E-state index contributed by atoms with van der Waals surface area (Å²) in [5.41, 5.74) is 7.91. The lowest BCUT2D eigenvalue weighted by atomic mass is 10.0. The van der Waals surface area contributed by atoms with E-state index in [2.05, 4.69) is 4.98 Å². The first-order chi connectivity index (χ1) is 14.3. The molecule has 0 spiro atoms. The smallest absolute Gasteiger partial charge is 0.341 e. The molecule has 0 atom stereocenters. The highest BCUT2D eigenvalue weighted by molar-refractivity contribution is 5.96. The van der Waals surface area contributed by atoms with Crippen LogP contribution >= 0.6 is 0 Å². The summed E-state index contributed by atoms with van der Waals surface area (Å²) < 4.78 is 6.28. The molecule has 0 amide bonds. The van der Waals surface area contributed by atoms with Crippen LogP contribution in [-0.2, 0) is 4.74 Å². The summed E-state index contributed by atoms with van der Waals surface area (Å²) in [7, 11) is 0. The number of carbonyl (C=O) groups excluding carboxylic acids is 2. The fraction of sp³-hybridized carbons (Fsp3) is 0.182. The van der Waals surface area contributed by atoms with Crippen LogP contribution in [0.1, 0.15) is 38.8 Å². The molecule has 0 aliphatic heterocycles. The Morgan fingerprint density at radius 2 is 2.00 bits per heavy atom. The number of esters is 1. The van der Waals surface area contributed by atoms with Gasteiger partial charge in [0.2, 0.25) is 0 Å². The predicted octanol–water partition coefficient (Wildman–Crippen LogP) is 2.79. The van der Waals surface area contributed by atoms with Crippen molar-refractivity contribution in [3.05, 3.63) is 69.3 Å². The molecule has 0 saturated carbocycles. The Labute approximate surface area is 172 Å². The number of nitrogens with two attached hydrogens (primary N) is 1. The number of anilines is 1. The van der Waals surface area contributed by atoms with Gasteiger partial charge in [0, 0.05) is 29.1 Å². The van der Waals surface area contributed by atoms with E-state index >= 15 is 0 Å². The number of aldehydes is 1. The van der Waals surface area contributed by atoms with Gasteiger partial charge in [-0.3, -0.25) is 19.1 Å². The minimum Gasteiger partial charge on any atom is -0.508 e. The lowest BCUT2D eigenvalue weighted by Crippen LogP contribution is -2.27. The third kappa shape index (κ3) is 3.55. The number of carbonyl (C=O) groups is 2. The van der Waals surface area contributed by atoms with Crippen molar-refractivity contribution >= 4 is 18.1 Å². The predicted molar refractivity (Wildman–Crippen MR) is 112 cm³/mol. The van der Waals surface area contributed by atoms with E-state index in [1.54, 1.807) is 26.8 Å². The molecule has 0 saturated heterocycles. The maximum Gasteiger partial charge on any atom is 0.341 e. The first-order valence-electron chi connectivity index (χ1n) is 9.22. The molecule has 0 unspecified atom stereocenters. The normalized spacial score (nSPS) is 10.6. The molecule has 0 aliphatic carbocycles. The Morgan fingerprint density at radius 1 is 1.27 bits per heavy atom. The first-order valence-corrected chi connectivity index (χ1v) is 9.22. The molecule has 30 heavy (non-hydrogen) atoms. The molecule has 3 aromatic rings. The zero-order chi connectivity index (χ0) is 22.0. The average molecular weight is 407 g/mol. The first kappa shape index (κ1) is 20.8. The van der Waals surface area contributed by atoms with E-state index in [-0.39, 0.29) is 34.9 Å². The second-order valence-corrected chi connectivity index (χ2v) is 6.72. The molecule has 8 heteroatoms. The van der Waals surface area contributed by atoms with Crippen LogP contribution in [0.4, 0.5) is 5.82 Å². The number of pyridine rings is 2. The second-order valence-electron chi connectivity index (χ2n) is 6.72. The SMILES string of the molecule is CCOC(=O)c1cc(-c2cncc(C=O)c2)c(=O)n(-c2c(C)ccc(O)c2C)c1N. The molecule has 0 bridgehead atoms. The van der Waals surface area contributed by atoms with Gasteiger partial charge in [0.25, 0.3) is 5.56 Å². The van der Waals surface area contributed by atoms with Gasteiger partial charge in [-0.05, 0) is 44.5 Å². The Kier molecular flexibility index (Phi) is 5.68. The molecule has 0 aliphatic rings. The number of aromatic hydroxyl groups is 1. The molecule has 2 aromatic heterocycles. The van der Waals surface area contributed by atoms with Crippen molar-refractivity contribution in [2.24, 2.45) is 0 Å². The number of phenolic OH excluding ortho intramolecular Hbond substituents is 1. The fourth-order valence-electron chi connectivity index (χ4n) is 3.27. The van der Waals surface area contributed by atoms with Crippen molar-refractivity contribution in [2.45, 2.75) is 20.8 Å². The molecule has 3 N–H and O–H groups in total. The lowest BCUT2D eigenvalue weighted by Gasteiger charge is -2.19. The maximum atomic E-state index is 13.5. The van der Waals surface area contributed by atoms with Crippen LogP contribution in [0.2, 0.25) is 0 Å². The van der Waals surface area contributed by atoms with Gasteiger partial charge in [-0.1, -0.05) is 6.07 Å². The van der Waals surface area contributed by atoms with Crippen LogP contribution in [0.15, 0.2) is 41.5 Å². The molecule has 8 nitrogen and oxygen atoms in total. The van der Waals surface area contributed by atoms with Gasteiger partial charge >= 0.3 is 5.97 Å². The summed E-state index contributed by atoms with van der Waals surface area (Å²) in [4.78, 5) is 41.2. The Bertz CT molecular complexity index is 1210. The Hall–Kier alpha value is -3.94. The molecule has 154 valence electrons. The van der Waals surface area contributed by atoms with Gasteiger partial charge in [-0.15, -0.1) is 0 Å². The van der Waals surface area contributed by atoms with Crippen molar-refractivity contribution in [3.8, 4) is 22.6 Å². The number of hydrogen-bond donors (Lipinski definition) is 2. The number of nitrogen functional groups attached to an aromatic ring is 1. The molecule has 0 fully saturated rings. The number of aryl methyl sites for hydroxylation is 1. The zero-order valence-corrected chi connectivity index (χ0v) is 16.8. The van der Waals surface area contributed by atoms with Gasteiger partial charge in [0.1, 0.15) is 17.1 Å². The van der Waals surface area contributed by atoms with Crippen molar-refractivity contribution in [1.82, 2.24) is 9.55 Å². The van der Waals surface area contributed by atoms with Gasteiger partial charge in [0.15, 0.2) is 6.29 Å². The van der Waals surface area contributed by atoms with E-state index in [1.165, 1.54) is 35.2 Å². The van der Waals surface area contributed by atoms with Gasteiger partial charge in [-0.2, -0.15) is 0 Å². The lowest BCUT2D eigenvalue weighted by molar-refractivity contribution is 0.0527. The highest BCUT2D eigenvalue weighted by Crippen LogP contribution is 2.30. The minimum atomic E-state index is -0.694. The standard InChI is InChI=1S/C22H21N3O5/c1-4-30-22(29)17-8-16(15-7-14(11-26)9-24-10-15)21(28)25(20(17)23)19-12(2)5-6-18(27)13(19)3/h5-11,27H,4,23H2,1-3H3. The van der Waals surface area contributed by atoms with Crippen LogP contribution in [0.3, 0.4) is 0 Å². The van der Waals surface area contributed by atoms with E-state index in [1.807, 2.05) is 0 Å². The van der Waals surface area contributed by atoms with E-state index < -0.39 is 11.5 Å². The molecule has 1 aromatic carbocycles. The van der Waals surface area contributed by atoms with Gasteiger partial charge in [0.05, 0.1) is 17.9 Å². The largest absolute Gasteiger partial charge is 0.508 e. The summed E-state index contributed by atoms with van der Waals surface area (Å²) >= 11 is 0. The number of hydrogen-bond acceptors (Lipinski definition) is 7. The van der Waals surface area contributed by atoms with Crippen LogP contribution in [-0.4, -0.2) is 33.5 Å². The molecule has 2 heterocycles. The highest BCUT2D eigenvalue weighted by Gasteiger charge is 2.23. The monoisotopic (exact) mass is 407 g/mol. The number of aromatic nitrogens is 2. The van der Waals surface area contributed by atoms with E-state index in [0.29, 0.717) is 28.7 Å². The highest BCUT2D eigenvalue weighted by atomic mass is 16.5. The number of rotatable bonds is 5. The average Bonchev–Trinajstić information content (AvgIpc) is 2.73. The third-order valence-electron chi connectivity index (χ3n) is 4.77. The molecule has 3 rings (SSSR count). The molecule has 0 radical (unpaired) electrons. The summed E-state index contributed by atoms with van der Waals surface area (Å²) in [6.07, 6.45) is 3.39.